The maximum Gasteiger partial charge on any atom is -0.00961 e. The molecule has 0 unspecified atom stereocenters. The summed E-state index contributed by atoms with van der Waals surface area (Å²) < 4.78 is 0. The minimum absolute atomic E-state index is 1.19. The minimum atomic E-state index is 1.19. The van der Waals surface area contributed by atoms with Crippen LogP contribution in [-0.4, -0.2) is 0 Å². The third-order valence-corrected chi connectivity index (χ3v) is 10.9. The molecule has 9 aromatic carbocycles. The summed E-state index contributed by atoms with van der Waals surface area (Å²) in [4.78, 5) is 0. The van der Waals surface area contributed by atoms with Gasteiger partial charge in [0, 0.05) is 0 Å². The number of hydrogen-bond acceptors (Lipinski definition) is 0. The molecule has 0 aliphatic carbocycles. The second-order valence-corrected chi connectivity index (χ2v) is 14.6. The van der Waals surface area contributed by atoms with Crippen molar-refractivity contribution in [1.82, 2.24) is 0 Å². The molecule has 0 radical (unpaired) electrons. The molecule has 9 aromatic rings. The molecule has 0 heterocycles. The molecule has 0 aliphatic heterocycles. The lowest BCUT2D eigenvalue weighted by Gasteiger charge is -2.22. The van der Waals surface area contributed by atoms with Gasteiger partial charge in [-0.05, 0) is 163 Å². The van der Waals surface area contributed by atoms with E-state index >= 15 is 0 Å². The van der Waals surface area contributed by atoms with Gasteiger partial charge in [-0.15, -0.1) is 0 Å². The number of benzene rings is 9. The molecule has 9 rings (SSSR count). The first-order valence-corrected chi connectivity index (χ1v) is 19.4. The molecule has 0 fully saturated rings. The third kappa shape index (κ3) is 7.02. The van der Waals surface area contributed by atoms with E-state index in [1.165, 1.54) is 100 Å². The molecule has 0 aromatic heterocycles. The summed E-state index contributed by atoms with van der Waals surface area (Å²) >= 11 is 0. The zero-order valence-corrected chi connectivity index (χ0v) is 31.8. The Hall–Kier alpha value is -7.02. The van der Waals surface area contributed by atoms with Gasteiger partial charge in [0.2, 0.25) is 0 Å². The fraction of sp³-hybridized carbons (Fsp3) is 0.0357. The quantitative estimate of drug-likeness (QED) is 0.147. The smallest absolute Gasteiger partial charge is 0.00961 e. The van der Waals surface area contributed by atoms with Gasteiger partial charge in [-0.3, -0.25) is 0 Å². The summed E-state index contributed by atoms with van der Waals surface area (Å²) in [6, 6.07) is 79.8. The molecule has 0 saturated carbocycles. The van der Waals surface area contributed by atoms with Gasteiger partial charge in [0.25, 0.3) is 0 Å². The standard InChI is InChI=1S/C56H42/c1-39-19-15-17-29-51(39)55-37-54(50-35-47(43-25-11-5-12-26-43)32-48(36-50)44-27-13-6-14-28-44)56(52-30-18-16-20-40(52)2)38-53(55)49-33-45(41-21-7-3-8-22-41)31-46(34-49)42-23-9-4-10-24-42/h3-38H,1-2H3. The first-order valence-electron chi connectivity index (χ1n) is 19.4. The minimum Gasteiger partial charge on any atom is -0.0622 e. The summed E-state index contributed by atoms with van der Waals surface area (Å²) in [7, 11) is 0. The van der Waals surface area contributed by atoms with Crippen molar-refractivity contribution in [3.8, 4) is 89.0 Å². The SMILES string of the molecule is Cc1ccccc1-c1cc(-c2cc(-c3ccccc3)cc(-c3ccccc3)c2)c(-c2ccccc2C)cc1-c1cc(-c2ccccc2)cc(-c2ccccc2)c1. The molecular formula is C56H42. The highest BCUT2D eigenvalue weighted by atomic mass is 14.2. The molecule has 0 saturated heterocycles. The van der Waals surface area contributed by atoms with Crippen LogP contribution in [0.5, 0.6) is 0 Å². The fourth-order valence-corrected chi connectivity index (χ4v) is 8.03. The maximum absolute atomic E-state index is 2.47. The van der Waals surface area contributed by atoms with Crippen LogP contribution < -0.4 is 0 Å². The largest absolute Gasteiger partial charge is 0.0622 e. The molecule has 0 atom stereocenters. The molecule has 0 spiro atoms. The van der Waals surface area contributed by atoms with E-state index in [-0.39, 0.29) is 0 Å². The normalized spacial score (nSPS) is 11.0. The first-order chi connectivity index (χ1) is 27.6. The highest BCUT2D eigenvalue weighted by Gasteiger charge is 2.20. The van der Waals surface area contributed by atoms with Crippen molar-refractivity contribution in [3.05, 3.63) is 230 Å². The molecule has 0 nitrogen and oxygen atoms in total. The van der Waals surface area contributed by atoms with Gasteiger partial charge in [-0.1, -0.05) is 170 Å². The van der Waals surface area contributed by atoms with Crippen molar-refractivity contribution < 1.29 is 0 Å². The van der Waals surface area contributed by atoms with Crippen molar-refractivity contribution in [3.63, 3.8) is 0 Å². The van der Waals surface area contributed by atoms with Crippen molar-refractivity contribution in [2.45, 2.75) is 13.8 Å². The number of aryl methyl sites for hydroxylation is 2. The Kier molecular flexibility index (Phi) is 9.54. The summed E-state index contributed by atoms with van der Waals surface area (Å²) in [5, 5.41) is 0. The monoisotopic (exact) mass is 714 g/mol. The summed E-state index contributed by atoms with van der Waals surface area (Å²) in [6.07, 6.45) is 0. The molecule has 0 heteroatoms. The van der Waals surface area contributed by atoms with E-state index in [9.17, 15) is 0 Å². The Labute approximate surface area is 331 Å². The van der Waals surface area contributed by atoms with Crippen molar-refractivity contribution in [2.24, 2.45) is 0 Å². The Bertz CT molecular complexity index is 2470. The highest BCUT2D eigenvalue weighted by Crippen LogP contribution is 2.46. The van der Waals surface area contributed by atoms with E-state index < -0.39 is 0 Å². The van der Waals surface area contributed by atoms with Gasteiger partial charge < -0.3 is 0 Å². The molecule has 0 N–H and O–H groups in total. The van der Waals surface area contributed by atoms with Gasteiger partial charge >= 0.3 is 0 Å². The molecule has 266 valence electrons. The predicted molar refractivity (Wildman–Crippen MR) is 239 cm³/mol. The van der Waals surface area contributed by atoms with E-state index in [0.29, 0.717) is 0 Å². The van der Waals surface area contributed by atoms with Gasteiger partial charge in [-0.2, -0.15) is 0 Å². The van der Waals surface area contributed by atoms with Crippen molar-refractivity contribution >= 4 is 0 Å². The van der Waals surface area contributed by atoms with Crippen LogP contribution in [0.1, 0.15) is 11.1 Å². The summed E-state index contributed by atoms with van der Waals surface area (Å²) in [5.74, 6) is 0. The lowest BCUT2D eigenvalue weighted by Crippen LogP contribution is -1.96. The second kappa shape index (κ2) is 15.4. The van der Waals surface area contributed by atoms with Crippen LogP contribution in [0, 0.1) is 13.8 Å². The van der Waals surface area contributed by atoms with E-state index in [1.807, 2.05) is 0 Å². The van der Waals surface area contributed by atoms with Gasteiger partial charge in [-0.25, -0.2) is 0 Å². The van der Waals surface area contributed by atoms with Crippen LogP contribution in [0.15, 0.2) is 218 Å². The lowest BCUT2D eigenvalue weighted by molar-refractivity contribution is 1.43. The van der Waals surface area contributed by atoms with E-state index in [2.05, 4.69) is 232 Å². The van der Waals surface area contributed by atoms with Crippen molar-refractivity contribution in [1.29, 1.82) is 0 Å². The molecule has 0 aliphatic rings. The number of hydrogen-bond donors (Lipinski definition) is 0. The van der Waals surface area contributed by atoms with Crippen LogP contribution in [-0.2, 0) is 0 Å². The Morgan fingerprint density at radius 1 is 0.179 bits per heavy atom. The van der Waals surface area contributed by atoms with E-state index in [0.717, 1.165) is 0 Å². The lowest BCUT2D eigenvalue weighted by atomic mass is 9.82. The third-order valence-electron chi connectivity index (χ3n) is 10.9. The van der Waals surface area contributed by atoms with Crippen LogP contribution in [0.25, 0.3) is 89.0 Å². The van der Waals surface area contributed by atoms with E-state index in [1.54, 1.807) is 0 Å². The molecule has 0 amide bonds. The summed E-state index contributed by atoms with van der Waals surface area (Å²) in [5.41, 5.74) is 21.8. The number of rotatable bonds is 8. The summed E-state index contributed by atoms with van der Waals surface area (Å²) in [6.45, 7) is 4.46. The van der Waals surface area contributed by atoms with E-state index in [4.69, 9.17) is 0 Å². The predicted octanol–water partition coefficient (Wildman–Crippen LogP) is 15.6. The van der Waals surface area contributed by atoms with Crippen LogP contribution >= 0.6 is 0 Å². The highest BCUT2D eigenvalue weighted by molar-refractivity contribution is 5.99. The maximum atomic E-state index is 2.47. The fourth-order valence-electron chi connectivity index (χ4n) is 8.03. The zero-order chi connectivity index (χ0) is 37.8. The van der Waals surface area contributed by atoms with Crippen LogP contribution in [0.3, 0.4) is 0 Å². The first kappa shape index (κ1) is 34.7. The Morgan fingerprint density at radius 3 is 0.714 bits per heavy atom. The van der Waals surface area contributed by atoms with Crippen LogP contribution in [0.2, 0.25) is 0 Å². The second-order valence-electron chi connectivity index (χ2n) is 14.6. The van der Waals surface area contributed by atoms with Crippen LogP contribution in [0.4, 0.5) is 0 Å². The topological polar surface area (TPSA) is 0 Å². The Balaban J connectivity index is 1.38. The Morgan fingerprint density at radius 2 is 0.429 bits per heavy atom. The van der Waals surface area contributed by atoms with Gasteiger partial charge in [0.05, 0.1) is 0 Å². The average molecular weight is 715 g/mol. The average Bonchev–Trinajstić information content (AvgIpc) is 3.27. The molecule has 56 heavy (non-hydrogen) atoms. The van der Waals surface area contributed by atoms with Gasteiger partial charge in [0.15, 0.2) is 0 Å². The van der Waals surface area contributed by atoms with Gasteiger partial charge in [0.1, 0.15) is 0 Å². The molecule has 0 bridgehead atoms. The molecular weight excluding hydrogens is 673 g/mol. The zero-order valence-electron chi connectivity index (χ0n) is 31.8. The van der Waals surface area contributed by atoms with Crippen molar-refractivity contribution in [2.75, 3.05) is 0 Å².